The Bertz CT molecular complexity index is 374. The van der Waals surface area contributed by atoms with Gasteiger partial charge in [0.2, 0.25) is 0 Å². The smallest absolute Gasteiger partial charge is 0.550 e. The van der Waals surface area contributed by atoms with Crippen molar-refractivity contribution < 1.29 is 56.7 Å². The van der Waals surface area contributed by atoms with Gasteiger partial charge in [-0.2, -0.15) is 0 Å². The van der Waals surface area contributed by atoms with Crippen LogP contribution in [-0.4, -0.2) is 83.0 Å². The fourth-order valence-corrected chi connectivity index (χ4v) is 2.65. The Labute approximate surface area is 180 Å². The summed E-state index contributed by atoms with van der Waals surface area (Å²) >= 11 is 0. The van der Waals surface area contributed by atoms with Crippen LogP contribution >= 0.6 is 0 Å². The summed E-state index contributed by atoms with van der Waals surface area (Å²) in [6, 6.07) is -2.98. The van der Waals surface area contributed by atoms with Crippen molar-refractivity contribution in [2.75, 3.05) is 26.4 Å². The third-order valence-corrected chi connectivity index (χ3v) is 4.24. The first-order valence-electron chi connectivity index (χ1n) is 8.96. The molecule has 12 nitrogen and oxygen atoms in total. The number of aliphatic hydroxyl groups is 4. The molecule has 0 rings (SSSR count). The quantitative estimate of drug-likeness (QED) is 0.110. The summed E-state index contributed by atoms with van der Waals surface area (Å²) in [5.74, 6) is -4.75. The average Bonchev–Trinajstić information content (AvgIpc) is 2.55. The average molecular weight is 469 g/mol. The van der Waals surface area contributed by atoms with Crippen LogP contribution in [0.15, 0.2) is 0 Å². The van der Waals surface area contributed by atoms with Gasteiger partial charge in [0.15, 0.2) is 0 Å². The maximum Gasteiger partial charge on any atom is 2.00 e. The first-order valence-corrected chi connectivity index (χ1v) is 8.96. The molecule has 29 heavy (non-hydrogen) atoms. The molecular formula is C16H34N4NiO8. The molecule has 0 saturated heterocycles. The zero-order valence-corrected chi connectivity index (χ0v) is 17.2. The number of aliphatic carboxylic acids is 2. The van der Waals surface area contributed by atoms with Gasteiger partial charge in [-0.15, -0.1) is 0 Å². The van der Waals surface area contributed by atoms with Gasteiger partial charge in [0.05, 0.1) is 0 Å². The monoisotopic (exact) mass is 468 g/mol. The summed E-state index contributed by atoms with van der Waals surface area (Å²) in [7, 11) is 0. The molecule has 12 N–H and O–H groups in total. The number of carbonyl (C=O) groups excluding carboxylic acids is 2. The number of carboxylic acids is 2. The Balaban J connectivity index is -0.000000451. The third kappa shape index (κ3) is 13.9. The van der Waals surface area contributed by atoms with Crippen molar-refractivity contribution in [1.29, 1.82) is 0 Å². The zero-order valence-electron chi connectivity index (χ0n) is 16.2. The van der Waals surface area contributed by atoms with Gasteiger partial charge in [0.25, 0.3) is 0 Å². The van der Waals surface area contributed by atoms with Gasteiger partial charge in [0.1, 0.15) is 0 Å². The van der Waals surface area contributed by atoms with Crippen LogP contribution in [0, 0.1) is 11.8 Å². The first-order chi connectivity index (χ1) is 13.1. The van der Waals surface area contributed by atoms with E-state index in [0.29, 0.717) is 0 Å². The SMILES string of the molecule is NC(CCO)C(C(=O)[O-])C(N)CCO.NC(CCO)C(C(=O)[O-])C(N)CCO.[Ni+2]. The van der Waals surface area contributed by atoms with E-state index in [0.717, 1.165) is 0 Å². The molecule has 0 aromatic rings. The molecule has 0 heterocycles. The van der Waals surface area contributed by atoms with Crippen molar-refractivity contribution in [2.45, 2.75) is 49.9 Å². The Kier molecular flexibility index (Phi) is 21.6. The summed E-state index contributed by atoms with van der Waals surface area (Å²) in [4.78, 5) is 21.4. The molecule has 0 aliphatic heterocycles. The molecule has 0 saturated carbocycles. The van der Waals surface area contributed by atoms with E-state index in [-0.39, 0.29) is 68.6 Å². The van der Waals surface area contributed by atoms with Crippen LogP contribution in [0.25, 0.3) is 0 Å². The second-order valence-electron chi connectivity index (χ2n) is 6.39. The molecule has 0 aromatic carbocycles. The minimum atomic E-state index is -1.34. The molecule has 0 fully saturated rings. The summed E-state index contributed by atoms with van der Waals surface area (Å²) in [6.07, 6.45) is 0.602. The molecule has 0 aromatic heterocycles. The molecule has 0 bridgehead atoms. The van der Waals surface area contributed by atoms with Crippen molar-refractivity contribution in [1.82, 2.24) is 0 Å². The van der Waals surface area contributed by atoms with Crippen LogP contribution in [0.5, 0.6) is 0 Å². The molecule has 13 heteroatoms. The number of rotatable bonds is 14. The van der Waals surface area contributed by atoms with E-state index in [2.05, 4.69) is 0 Å². The molecule has 0 aliphatic rings. The molecule has 176 valence electrons. The number of carbonyl (C=O) groups is 2. The van der Waals surface area contributed by atoms with E-state index >= 15 is 0 Å². The topological polar surface area (TPSA) is 265 Å². The minimum Gasteiger partial charge on any atom is -0.550 e. The third-order valence-electron chi connectivity index (χ3n) is 4.24. The van der Waals surface area contributed by atoms with Crippen molar-refractivity contribution >= 4 is 11.9 Å². The zero-order chi connectivity index (χ0) is 22.3. The van der Waals surface area contributed by atoms with Crippen LogP contribution in [-0.2, 0) is 26.1 Å². The number of hydrogen-bond acceptors (Lipinski definition) is 12. The molecular weight excluding hydrogens is 435 g/mol. The van der Waals surface area contributed by atoms with Gasteiger partial charge in [0, 0.05) is 74.4 Å². The Morgan fingerprint density at radius 1 is 0.586 bits per heavy atom. The Morgan fingerprint density at radius 3 is 0.862 bits per heavy atom. The molecule has 0 radical (unpaired) electrons. The molecule has 0 spiro atoms. The first kappa shape index (κ1) is 32.8. The predicted molar refractivity (Wildman–Crippen MR) is 95.7 cm³/mol. The van der Waals surface area contributed by atoms with Crippen molar-refractivity contribution in [2.24, 2.45) is 34.8 Å². The fourth-order valence-electron chi connectivity index (χ4n) is 2.65. The maximum absolute atomic E-state index is 10.7. The summed E-state index contributed by atoms with van der Waals surface area (Å²) in [5.41, 5.74) is 22.1. The summed E-state index contributed by atoms with van der Waals surface area (Å²) in [5, 5.41) is 55.8. The fraction of sp³-hybridized carbons (Fsp3) is 0.875. The van der Waals surface area contributed by atoms with Crippen LogP contribution in [0.4, 0.5) is 0 Å². The standard InChI is InChI=1S/2C8H18N2O4.Ni/c2*9-5(1-3-11)7(8(13)14)6(10)2-4-12;/h2*5-7,11-12H,1-4,9-10H2,(H,13,14);/q;;+2/p-2. The van der Waals surface area contributed by atoms with Crippen LogP contribution in [0.2, 0.25) is 0 Å². The second-order valence-corrected chi connectivity index (χ2v) is 6.39. The van der Waals surface area contributed by atoms with E-state index in [1.54, 1.807) is 0 Å². The Morgan fingerprint density at radius 2 is 0.759 bits per heavy atom. The van der Waals surface area contributed by atoms with E-state index in [1.807, 2.05) is 0 Å². The minimum absolute atomic E-state index is 0. The molecule has 4 unspecified atom stereocenters. The van der Waals surface area contributed by atoms with E-state index in [4.69, 9.17) is 43.4 Å². The van der Waals surface area contributed by atoms with Crippen LogP contribution in [0.1, 0.15) is 25.7 Å². The van der Waals surface area contributed by atoms with Crippen LogP contribution in [0.3, 0.4) is 0 Å². The van der Waals surface area contributed by atoms with E-state index in [1.165, 1.54) is 0 Å². The largest absolute Gasteiger partial charge is 2.00 e. The number of aliphatic hydroxyl groups excluding tert-OH is 4. The number of nitrogens with two attached hydrogens (primary N) is 4. The van der Waals surface area contributed by atoms with Gasteiger partial charge in [-0.1, -0.05) is 0 Å². The van der Waals surface area contributed by atoms with Crippen molar-refractivity contribution in [3.63, 3.8) is 0 Å². The number of carboxylic acid groups (broad SMARTS) is 2. The summed E-state index contributed by atoms with van der Waals surface area (Å²) < 4.78 is 0. The van der Waals surface area contributed by atoms with Gasteiger partial charge in [-0.05, 0) is 25.7 Å². The van der Waals surface area contributed by atoms with Gasteiger partial charge >= 0.3 is 16.5 Å². The van der Waals surface area contributed by atoms with Gasteiger partial charge in [-0.25, -0.2) is 0 Å². The maximum atomic E-state index is 10.7. The molecule has 0 amide bonds. The number of hydrogen-bond donors (Lipinski definition) is 8. The van der Waals surface area contributed by atoms with Crippen LogP contribution < -0.4 is 33.1 Å². The Hall–Kier alpha value is -0.886. The van der Waals surface area contributed by atoms with Gasteiger partial charge in [-0.3, -0.25) is 0 Å². The normalized spacial score (nSPS) is 16.8. The second kappa shape index (κ2) is 19.1. The molecule has 4 atom stereocenters. The summed E-state index contributed by atoms with van der Waals surface area (Å²) in [6.45, 7) is -0.791. The van der Waals surface area contributed by atoms with Gasteiger partial charge < -0.3 is 63.2 Å². The van der Waals surface area contributed by atoms with Crippen molar-refractivity contribution in [3.05, 3.63) is 0 Å². The predicted octanol–water partition coefficient (Wildman–Crippen LogP) is -6.46. The van der Waals surface area contributed by atoms with Crippen molar-refractivity contribution in [3.8, 4) is 0 Å². The van der Waals surface area contributed by atoms with E-state index < -0.39 is 47.9 Å². The molecule has 0 aliphatic carbocycles. The van der Waals surface area contributed by atoms with E-state index in [9.17, 15) is 19.8 Å².